The molecule has 2 rings (SSSR count). The summed E-state index contributed by atoms with van der Waals surface area (Å²) < 4.78 is 13.3. The molecule has 0 aliphatic carbocycles. The van der Waals surface area contributed by atoms with Crippen molar-refractivity contribution in [2.75, 3.05) is 5.73 Å². The number of rotatable bonds is 1. The lowest BCUT2D eigenvalue weighted by atomic mass is 10.3. The van der Waals surface area contributed by atoms with E-state index >= 15 is 0 Å². The normalized spacial score (nSPS) is 10.4. The highest BCUT2D eigenvalue weighted by molar-refractivity contribution is 6.32. The fourth-order valence-electron chi connectivity index (χ4n) is 1.06. The van der Waals surface area contributed by atoms with Crippen molar-refractivity contribution in [3.63, 3.8) is 0 Å². The van der Waals surface area contributed by atoms with Crippen LogP contribution in [-0.4, -0.2) is 15.0 Å². The van der Waals surface area contributed by atoms with Gasteiger partial charge in [0.1, 0.15) is 5.69 Å². The average molecular weight is 213 g/mol. The molecule has 0 radical (unpaired) electrons. The summed E-state index contributed by atoms with van der Waals surface area (Å²) in [5.74, 6) is -0.280. The molecule has 2 N–H and O–H groups in total. The van der Waals surface area contributed by atoms with Crippen LogP contribution in [0.5, 0.6) is 0 Å². The van der Waals surface area contributed by atoms with Gasteiger partial charge in [-0.05, 0) is 12.1 Å². The quantitative estimate of drug-likeness (QED) is 0.782. The van der Waals surface area contributed by atoms with Gasteiger partial charge in [-0.25, -0.2) is 4.39 Å². The minimum atomic E-state index is -0.492. The molecule has 0 aliphatic rings. The molecule has 1 aromatic heterocycles. The minimum Gasteiger partial charge on any atom is -0.381 e. The molecule has 0 bridgehead atoms. The highest BCUT2D eigenvalue weighted by atomic mass is 35.5. The SMILES string of the molecule is Nc1cnn(-c2c(F)cccc2Cl)n1. The maximum absolute atomic E-state index is 13.3. The average Bonchev–Trinajstić information content (AvgIpc) is 2.51. The van der Waals surface area contributed by atoms with Crippen molar-refractivity contribution in [1.82, 2.24) is 15.0 Å². The monoisotopic (exact) mass is 212 g/mol. The Labute approximate surface area is 84.1 Å². The van der Waals surface area contributed by atoms with Crippen LogP contribution >= 0.6 is 11.6 Å². The molecule has 1 aromatic carbocycles. The molecule has 0 amide bonds. The Morgan fingerprint density at radius 3 is 2.79 bits per heavy atom. The van der Waals surface area contributed by atoms with Gasteiger partial charge in [-0.3, -0.25) is 0 Å². The van der Waals surface area contributed by atoms with E-state index in [1.165, 1.54) is 18.3 Å². The van der Waals surface area contributed by atoms with Crippen molar-refractivity contribution < 1.29 is 4.39 Å². The number of para-hydroxylation sites is 1. The van der Waals surface area contributed by atoms with Gasteiger partial charge in [-0.2, -0.15) is 5.10 Å². The molecule has 0 atom stereocenters. The summed E-state index contributed by atoms with van der Waals surface area (Å²) >= 11 is 5.79. The third-order valence-electron chi connectivity index (χ3n) is 1.65. The topological polar surface area (TPSA) is 56.7 Å². The fraction of sp³-hybridized carbons (Fsp3) is 0. The number of hydrogen-bond donors (Lipinski definition) is 1. The number of halogens is 2. The van der Waals surface area contributed by atoms with Crippen molar-refractivity contribution in [2.24, 2.45) is 0 Å². The zero-order valence-corrected chi connectivity index (χ0v) is 7.74. The van der Waals surface area contributed by atoms with Gasteiger partial charge in [0.15, 0.2) is 11.6 Å². The summed E-state index contributed by atoms with van der Waals surface area (Å²) in [4.78, 5) is 1.06. The van der Waals surface area contributed by atoms with Crippen LogP contribution in [0.15, 0.2) is 24.4 Å². The van der Waals surface area contributed by atoms with Crippen molar-refractivity contribution in [3.8, 4) is 5.69 Å². The molecule has 0 fully saturated rings. The summed E-state index contributed by atoms with van der Waals surface area (Å²) in [6.45, 7) is 0. The van der Waals surface area contributed by atoms with Crippen molar-refractivity contribution >= 4 is 17.4 Å². The molecule has 4 nitrogen and oxygen atoms in total. The highest BCUT2D eigenvalue weighted by Gasteiger charge is 2.10. The number of nitrogens with two attached hydrogens (primary N) is 1. The predicted octanol–water partition coefficient (Wildman–Crippen LogP) is 1.64. The Bertz CT molecular complexity index is 448. The smallest absolute Gasteiger partial charge is 0.166 e. The Hall–Kier alpha value is -1.62. The van der Waals surface area contributed by atoms with E-state index in [0.29, 0.717) is 0 Å². The molecule has 0 aliphatic heterocycles. The zero-order valence-electron chi connectivity index (χ0n) is 6.98. The fourth-order valence-corrected chi connectivity index (χ4v) is 1.30. The van der Waals surface area contributed by atoms with Crippen LogP contribution in [0.4, 0.5) is 10.2 Å². The maximum Gasteiger partial charge on any atom is 0.166 e. The first-order chi connectivity index (χ1) is 6.68. The first-order valence-corrected chi connectivity index (χ1v) is 4.18. The molecule has 0 saturated heterocycles. The van der Waals surface area contributed by atoms with Gasteiger partial charge >= 0.3 is 0 Å². The summed E-state index contributed by atoms with van der Waals surface area (Å²) in [6.07, 6.45) is 1.32. The lowest BCUT2D eigenvalue weighted by Crippen LogP contribution is -2.03. The van der Waals surface area contributed by atoms with Gasteiger partial charge < -0.3 is 5.73 Å². The Balaban J connectivity index is 2.61. The molecule has 1 heterocycles. The maximum atomic E-state index is 13.3. The van der Waals surface area contributed by atoms with Crippen molar-refractivity contribution in [1.29, 1.82) is 0 Å². The minimum absolute atomic E-state index is 0.103. The standard InChI is InChI=1S/C8H6ClFN4/c9-5-2-1-3-6(10)8(5)14-12-4-7(11)13-14/h1-4H,(H2,11,13). The second-order valence-electron chi connectivity index (χ2n) is 2.63. The number of anilines is 1. The van der Waals surface area contributed by atoms with Crippen LogP contribution in [0.3, 0.4) is 0 Å². The predicted molar refractivity (Wildman–Crippen MR) is 50.7 cm³/mol. The second kappa shape index (κ2) is 3.26. The largest absolute Gasteiger partial charge is 0.381 e. The number of nitrogen functional groups attached to an aromatic ring is 1. The van der Waals surface area contributed by atoms with Gasteiger partial charge in [0.05, 0.1) is 11.2 Å². The molecule has 72 valence electrons. The first-order valence-electron chi connectivity index (χ1n) is 3.80. The highest BCUT2D eigenvalue weighted by Crippen LogP contribution is 2.21. The summed E-state index contributed by atoms with van der Waals surface area (Å²) in [5, 5.41) is 7.76. The third-order valence-corrected chi connectivity index (χ3v) is 1.95. The summed E-state index contributed by atoms with van der Waals surface area (Å²) in [6, 6.07) is 4.34. The Morgan fingerprint density at radius 2 is 2.21 bits per heavy atom. The molecule has 14 heavy (non-hydrogen) atoms. The molecule has 0 saturated carbocycles. The lowest BCUT2D eigenvalue weighted by molar-refractivity contribution is 0.597. The van der Waals surface area contributed by atoms with Gasteiger partial charge in [0.2, 0.25) is 0 Å². The van der Waals surface area contributed by atoms with Crippen LogP contribution in [0.2, 0.25) is 5.02 Å². The number of aromatic nitrogens is 3. The van der Waals surface area contributed by atoms with Crippen LogP contribution in [0, 0.1) is 5.82 Å². The van der Waals surface area contributed by atoms with Crippen LogP contribution < -0.4 is 5.73 Å². The molecular weight excluding hydrogens is 207 g/mol. The van der Waals surface area contributed by atoms with Gasteiger partial charge in [-0.1, -0.05) is 17.7 Å². The number of nitrogens with zero attached hydrogens (tertiary/aromatic N) is 3. The Morgan fingerprint density at radius 1 is 1.43 bits per heavy atom. The van der Waals surface area contributed by atoms with Crippen LogP contribution in [-0.2, 0) is 0 Å². The summed E-state index contributed by atoms with van der Waals surface area (Å²) in [5.41, 5.74) is 5.46. The first kappa shape index (κ1) is 8.96. The van der Waals surface area contributed by atoms with Crippen LogP contribution in [0.1, 0.15) is 0 Å². The van der Waals surface area contributed by atoms with Gasteiger partial charge in [0, 0.05) is 0 Å². The van der Waals surface area contributed by atoms with E-state index in [0.717, 1.165) is 4.80 Å². The van der Waals surface area contributed by atoms with Crippen LogP contribution in [0.25, 0.3) is 5.69 Å². The molecule has 0 unspecified atom stereocenters. The molecule has 2 aromatic rings. The zero-order chi connectivity index (χ0) is 10.1. The van der Waals surface area contributed by atoms with Crippen molar-refractivity contribution in [3.05, 3.63) is 35.2 Å². The van der Waals surface area contributed by atoms with Gasteiger partial charge in [-0.15, -0.1) is 9.90 Å². The van der Waals surface area contributed by atoms with E-state index in [4.69, 9.17) is 17.3 Å². The number of hydrogen-bond acceptors (Lipinski definition) is 3. The third kappa shape index (κ3) is 1.42. The van der Waals surface area contributed by atoms with E-state index in [-0.39, 0.29) is 16.5 Å². The Kier molecular flexibility index (Phi) is 2.09. The molecule has 6 heteroatoms. The number of benzene rings is 1. The van der Waals surface area contributed by atoms with E-state index in [9.17, 15) is 4.39 Å². The van der Waals surface area contributed by atoms with Crippen molar-refractivity contribution in [2.45, 2.75) is 0 Å². The van der Waals surface area contributed by atoms with E-state index < -0.39 is 5.82 Å². The van der Waals surface area contributed by atoms with E-state index in [1.54, 1.807) is 6.07 Å². The second-order valence-corrected chi connectivity index (χ2v) is 3.04. The summed E-state index contributed by atoms with van der Waals surface area (Å²) in [7, 11) is 0. The molecular formula is C8H6ClFN4. The van der Waals surface area contributed by atoms with E-state index in [2.05, 4.69) is 10.2 Å². The van der Waals surface area contributed by atoms with E-state index in [1.807, 2.05) is 0 Å². The lowest BCUT2D eigenvalue weighted by Gasteiger charge is -2.02. The van der Waals surface area contributed by atoms with Gasteiger partial charge in [0.25, 0.3) is 0 Å². The molecule has 0 spiro atoms.